The highest BCUT2D eigenvalue weighted by Gasteiger charge is 2.20. The molecule has 0 bridgehead atoms. The van der Waals surface area contributed by atoms with E-state index in [2.05, 4.69) is 98.2 Å². The summed E-state index contributed by atoms with van der Waals surface area (Å²) in [6.07, 6.45) is 28.9. The van der Waals surface area contributed by atoms with Gasteiger partial charge in [0.2, 0.25) is 0 Å². The molecule has 0 aliphatic heterocycles. The highest BCUT2D eigenvalue weighted by atomic mass is 14.3. The van der Waals surface area contributed by atoms with Crippen LogP contribution in [-0.4, -0.2) is 0 Å². The monoisotopic (exact) mass is 781 g/mol. The SMILES string of the molecule is CCCCCCCC[C@H]1CC[C@H](C#Cc2ccc(-c3ccc(C#N)cc3)cc2)CC1.CCCCCCC[C@H]1CC[C@H](C#Cc2ccc(-c3ccc(C#N)cc3)cc2)CC1. The van der Waals surface area contributed by atoms with Crippen molar-refractivity contribution in [2.75, 3.05) is 0 Å². The first-order chi connectivity index (χ1) is 29.1. The van der Waals surface area contributed by atoms with E-state index in [4.69, 9.17) is 10.5 Å². The number of hydrogen-bond acceptors (Lipinski definition) is 2. The molecule has 0 amide bonds. The number of nitriles is 2. The summed E-state index contributed by atoms with van der Waals surface area (Å²) in [6, 6.07) is 36.8. The highest BCUT2D eigenvalue weighted by Crippen LogP contribution is 2.33. The standard InChI is InChI=1S/C29H35N.C28H33N/c1-2-3-4-5-6-7-8-24-9-11-25(12-10-24)13-14-26-15-19-28(20-16-26)29-21-17-27(23-30)18-22-29;1-2-3-4-5-6-7-23-8-10-24(11-9-23)12-13-25-14-18-27(19-15-25)28-20-16-26(22-29)17-21-28/h15-22,24-25H,2-12H2,1H3;14-21,23-24H,2-11H2,1H3/t24-,25-;23-,24-. The Morgan fingerprint density at radius 3 is 0.966 bits per heavy atom. The van der Waals surface area contributed by atoms with Gasteiger partial charge in [0.1, 0.15) is 0 Å². The van der Waals surface area contributed by atoms with Crippen molar-refractivity contribution >= 4 is 0 Å². The lowest BCUT2D eigenvalue weighted by molar-refractivity contribution is 0.293. The molecule has 0 radical (unpaired) electrons. The number of benzene rings is 4. The van der Waals surface area contributed by atoms with Gasteiger partial charge < -0.3 is 0 Å². The maximum absolute atomic E-state index is 8.93. The second kappa shape index (κ2) is 26.2. The summed E-state index contributed by atoms with van der Waals surface area (Å²) in [5, 5.41) is 17.8. The van der Waals surface area contributed by atoms with E-state index in [1.54, 1.807) is 0 Å². The Morgan fingerprint density at radius 1 is 0.373 bits per heavy atom. The molecule has 0 aromatic heterocycles. The van der Waals surface area contributed by atoms with E-state index in [1.807, 2.05) is 48.5 Å². The minimum Gasteiger partial charge on any atom is -0.192 e. The summed E-state index contributed by atoms with van der Waals surface area (Å²) in [4.78, 5) is 0. The first-order valence-corrected chi connectivity index (χ1v) is 23.3. The third-order valence-electron chi connectivity index (χ3n) is 12.7. The zero-order chi connectivity index (χ0) is 41.3. The van der Waals surface area contributed by atoms with Crippen molar-refractivity contribution in [2.24, 2.45) is 23.7 Å². The van der Waals surface area contributed by atoms with Crippen LogP contribution in [0.4, 0.5) is 0 Å². The average Bonchev–Trinajstić information content (AvgIpc) is 3.30. The fraction of sp³-hybridized carbons (Fsp3) is 0.474. The molecular formula is C57H68N2. The van der Waals surface area contributed by atoms with Crippen LogP contribution in [0.25, 0.3) is 22.3 Å². The van der Waals surface area contributed by atoms with Gasteiger partial charge in [-0.1, -0.05) is 170 Å². The topological polar surface area (TPSA) is 47.6 Å². The van der Waals surface area contributed by atoms with Gasteiger partial charge in [0.05, 0.1) is 23.3 Å². The predicted octanol–water partition coefficient (Wildman–Crippen LogP) is 15.9. The van der Waals surface area contributed by atoms with Crippen LogP contribution in [0.2, 0.25) is 0 Å². The van der Waals surface area contributed by atoms with Crippen molar-refractivity contribution in [3.05, 3.63) is 119 Å². The van der Waals surface area contributed by atoms with Crippen LogP contribution in [0.1, 0.15) is 171 Å². The Balaban J connectivity index is 0.000000224. The van der Waals surface area contributed by atoms with Gasteiger partial charge in [0.15, 0.2) is 0 Å². The van der Waals surface area contributed by atoms with Crippen molar-refractivity contribution in [3.8, 4) is 58.1 Å². The minimum atomic E-state index is 0.573. The molecule has 0 spiro atoms. The van der Waals surface area contributed by atoms with Crippen molar-refractivity contribution in [2.45, 2.75) is 149 Å². The molecular weight excluding hydrogens is 713 g/mol. The van der Waals surface area contributed by atoms with Crippen molar-refractivity contribution in [1.29, 1.82) is 10.5 Å². The quantitative estimate of drug-likeness (QED) is 0.0891. The first-order valence-electron chi connectivity index (χ1n) is 23.3. The second-order valence-corrected chi connectivity index (χ2v) is 17.3. The third-order valence-corrected chi connectivity index (χ3v) is 12.7. The van der Waals surface area contributed by atoms with Gasteiger partial charge in [-0.05, 0) is 134 Å². The summed E-state index contributed by atoms with van der Waals surface area (Å²) < 4.78 is 0. The summed E-state index contributed by atoms with van der Waals surface area (Å²) in [5.41, 5.74) is 8.20. The van der Waals surface area contributed by atoms with Gasteiger partial charge in [-0.25, -0.2) is 0 Å². The molecule has 0 N–H and O–H groups in total. The molecule has 0 saturated heterocycles. The van der Waals surface area contributed by atoms with Gasteiger partial charge >= 0.3 is 0 Å². The molecule has 6 rings (SSSR count). The van der Waals surface area contributed by atoms with Crippen LogP contribution in [0.3, 0.4) is 0 Å². The number of nitrogens with zero attached hydrogens (tertiary/aromatic N) is 2. The van der Waals surface area contributed by atoms with Gasteiger partial charge in [-0.2, -0.15) is 10.5 Å². The molecule has 306 valence electrons. The normalized spacial score (nSPS) is 18.4. The van der Waals surface area contributed by atoms with Crippen LogP contribution in [-0.2, 0) is 0 Å². The summed E-state index contributed by atoms with van der Waals surface area (Å²) >= 11 is 0. The summed E-state index contributed by atoms with van der Waals surface area (Å²) in [7, 11) is 0. The molecule has 0 atom stereocenters. The smallest absolute Gasteiger partial charge is 0.0991 e. The lowest BCUT2D eigenvalue weighted by Gasteiger charge is -2.25. The molecule has 0 heterocycles. The lowest BCUT2D eigenvalue weighted by Crippen LogP contribution is -2.13. The zero-order valence-corrected chi connectivity index (χ0v) is 36.3. The predicted molar refractivity (Wildman–Crippen MR) is 249 cm³/mol. The maximum atomic E-state index is 8.93. The molecule has 4 aromatic rings. The molecule has 2 aliphatic carbocycles. The van der Waals surface area contributed by atoms with Crippen LogP contribution >= 0.6 is 0 Å². The van der Waals surface area contributed by atoms with Crippen LogP contribution in [0.5, 0.6) is 0 Å². The van der Waals surface area contributed by atoms with Crippen LogP contribution in [0.15, 0.2) is 97.1 Å². The van der Waals surface area contributed by atoms with Crippen LogP contribution < -0.4 is 0 Å². The van der Waals surface area contributed by atoms with Gasteiger partial charge in [0.25, 0.3) is 0 Å². The van der Waals surface area contributed by atoms with E-state index < -0.39 is 0 Å². The Hall–Kier alpha value is -5.02. The number of hydrogen-bond donors (Lipinski definition) is 0. The van der Waals surface area contributed by atoms with E-state index in [1.165, 1.54) is 146 Å². The fourth-order valence-electron chi connectivity index (χ4n) is 8.78. The van der Waals surface area contributed by atoms with Crippen molar-refractivity contribution < 1.29 is 0 Å². The van der Waals surface area contributed by atoms with E-state index in [9.17, 15) is 0 Å². The second-order valence-electron chi connectivity index (χ2n) is 17.3. The molecule has 2 nitrogen and oxygen atoms in total. The van der Waals surface area contributed by atoms with E-state index in [0.717, 1.165) is 34.1 Å². The fourth-order valence-corrected chi connectivity index (χ4v) is 8.78. The molecule has 59 heavy (non-hydrogen) atoms. The van der Waals surface area contributed by atoms with Crippen LogP contribution in [0, 0.1) is 70.0 Å². The largest absolute Gasteiger partial charge is 0.192 e. The third kappa shape index (κ3) is 16.3. The number of unbranched alkanes of at least 4 members (excludes halogenated alkanes) is 9. The molecule has 2 aliphatic rings. The van der Waals surface area contributed by atoms with Gasteiger partial charge in [-0.15, -0.1) is 0 Å². The molecule has 2 fully saturated rings. The van der Waals surface area contributed by atoms with E-state index in [0.29, 0.717) is 23.0 Å². The molecule has 0 unspecified atom stereocenters. The van der Waals surface area contributed by atoms with Crippen molar-refractivity contribution in [3.63, 3.8) is 0 Å². The molecule has 4 aromatic carbocycles. The molecule has 2 saturated carbocycles. The highest BCUT2D eigenvalue weighted by molar-refractivity contribution is 5.66. The zero-order valence-electron chi connectivity index (χ0n) is 36.3. The van der Waals surface area contributed by atoms with Gasteiger partial charge in [-0.3, -0.25) is 0 Å². The summed E-state index contributed by atoms with van der Waals surface area (Å²) in [5.74, 6) is 16.9. The number of rotatable bonds is 15. The minimum absolute atomic E-state index is 0.573. The Bertz CT molecular complexity index is 1980. The maximum Gasteiger partial charge on any atom is 0.0991 e. The first kappa shape index (κ1) is 45.1. The van der Waals surface area contributed by atoms with Gasteiger partial charge in [0, 0.05) is 23.0 Å². The Labute approximate surface area is 358 Å². The lowest BCUT2D eigenvalue weighted by atomic mass is 9.80. The Kier molecular flexibility index (Phi) is 20.0. The van der Waals surface area contributed by atoms with E-state index >= 15 is 0 Å². The molecule has 2 heteroatoms. The Morgan fingerprint density at radius 2 is 0.661 bits per heavy atom. The van der Waals surface area contributed by atoms with Crippen molar-refractivity contribution in [1.82, 2.24) is 0 Å². The average molecular weight is 781 g/mol. The summed E-state index contributed by atoms with van der Waals surface area (Å²) in [6.45, 7) is 4.57. The van der Waals surface area contributed by atoms with E-state index in [-0.39, 0.29) is 0 Å².